The van der Waals surface area contributed by atoms with Gasteiger partial charge in [-0.1, -0.05) is 24.3 Å². The van der Waals surface area contributed by atoms with E-state index in [0.717, 1.165) is 42.8 Å². The topological polar surface area (TPSA) is 62.3 Å². The number of likely N-dealkylation sites (tertiary alicyclic amines) is 1. The number of methoxy groups -OCH3 is 1. The molecule has 2 aliphatic rings. The third-order valence-corrected chi connectivity index (χ3v) is 6.27. The molecular formula is C25H31N3O4. The number of aryl methyl sites for hydroxylation is 1. The summed E-state index contributed by atoms with van der Waals surface area (Å²) in [5, 5.41) is 0. The lowest BCUT2D eigenvalue weighted by Crippen LogP contribution is -2.48. The molecule has 2 aromatic rings. The van der Waals surface area contributed by atoms with Crippen molar-refractivity contribution in [1.82, 2.24) is 14.7 Å². The van der Waals surface area contributed by atoms with Crippen molar-refractivity contribution in [3.63, 3.8) is 0 Å². The lowest BCUT2D eigenvalue weighted by atomic mass is 10.0. The normalized spacial score (nSPS) is 17.1. The summed E-state index contributed by atoms with van der Waals surface area (Å²) in [5.74, 6) is 1.53. The summed E-state index contributed by atoms with van der Waals surface area (Å²) < 4.78 is 10.9. The molecule has 4 rings (SSSR count). The number of carbonyl (C=O) groups is 2. The Kier molecular flexibility index (Phi) is 6.83. The van der Waals surface area contributed by atoms with Crippen LogP contribution in [0.5, 0.6) is 11.5 Å². The molecule has 0 saturated carbocycles. The number of ether oxygens (including phenoxy) is 2. The number of rotatable bonds is 7. The molecule has 2 heterocycles. The van der Waals surface area contributed by atoms with Gasteiger partial charge in [0.1, 0.15) is 11.5 Å². The van der Waals surface area contributed by atoms with E-state index in [9.17, 15) is 9.59 Å². The highest BCUT2D eigenvalue weighted by molar-refractivity contribution is 5.78. The molecule has 3 amide bonds. The van der Waals surface area contributed by atoms with E-state index in [1.54, 1.807) is 7.11 Å². The molecule has 0 spiro atoms. The van der Waals surface area contributed by atoms with Crippen LogP contribution in [-0.4, -0.2) is 72.6 Å². The Morgan fingerprint density at radius 2 is 1.75 bits per heavy atom. The standard InChI is InChI=1S/C25H31N3O4/c1-19-4-3-5-23(16-19)32-18-24(29)26-12-10-21(11-13-26)28-15-14-27(25(28)30)17-20-6-8-22(31-2)9-7-20/h3-9,16,21H,10-15,17-18H2,1-2H3. The van der Waals surface area contributed by atoms with Gasteiger partial charge in [-0.15, -0.1) is 0 Å². The van der Waals surface area contributed by atoms with Crippen LogP contribution in [-0.2, 0) is 11.3 Å². The van der Waals surface area contributed by atoms with Crippen LogP contribution in [0, 0.1) is 6.92 Å². The first-order chi connectivity index (χ1) is 15.5. The van der Waals surface area contributed by atoms with Crippen molar-refractivity contribution in [2.45, 2.75) is 32.4 Å². The minimum absolute atomic E-state index is 0.00108. The fraction of sp³-hybridized carbons (Fsp3) is 0.440. The predicted octanol–water partition coefficient (Wildman–Crippen LogP) is 3.31. The van der Waals surface area contributed by atoms with E-state index in [0.29, 0.717) is 25.4 Å². The van der Waals surface area contributed by atoms with Crippen molar-refractivity contribution in [2.75, 3.05) is 39.9 Å². The van der Waals surface area contributed by atoms with Gasteiger partial charge < -0.3 is 24.2 Å². The lowest BCUT2D eigenvalue weighted by Gasteiger charge is -2.36. The summed E-state index contributed by atoms with van der Waals surface area (Å²) in [4.78, 5) is 31.2. The third kappa shape index (κ3) is 5.15. The van der Waals surface area contributed by atoms with Crippen LogP contribution in [0.1, 0.15) is 24.0 Å². The number of piperidine rings is 1. The molecular weight excluding hydrogens is 406 g/mol. The van der Waals surface area contributed by atoms with Crippen molar-refractivity contribution in [2.24, 2.45) is 0 Å². The zero-order valence-corrected chi connectivity index (χ0v) is 18.8. The van der Waals surface area contributed by atoms with Gasteiger partial charge in [0.15, 0.2) is 6.61 Å². The molecule has 0 aliphatic carbocycles. The molecule has 0 radical (unpaired) electrons. The van der Waals surface area contributed by atoms with Crippen molar-refractivity contribution < 1.29 is 19.1 Å². The van der Waals surface area contributed by atoms with Crippen LogP contribution in [0.3, 0.4) is 0 Å². The van der Waals surface area contributed by atoms with Crippen LogP contribution in [0.15, 0.2) is 48.5 Å². The summed E-state index contributed by atoms with van der Waals surface area (Å²) in [6, 6.07) is 15.8. The number of amides is 3. The van der Waals surface area contributed by atoms with E-state index >= 15 is 0 Å². The maximum atomic E-state index is 13.0. The molecule has 32 heavy (non-hydrogen) atoms. The summed E-state index contributed by atoms with van der Waals surface area (Å²) in [5.41, 5.74) is 2.20. The van der Waals surface area contributed by atoms with Crippen LogP contribution < -0.4 is 9.47 Å². The zero-order chi connectivity index (χ0) is 22.5. The summed E-state index contributed by atoms with van der Waals surface area (Å²) in [6.07, 6.45) is 1.61. The second kappa shape index (κ2) is 9.94. The van der Waals surface area contributed by atoms with Crippen molar-refractivity contribution in [3.05, 3.63) is 59.7 Å². The SMILES string of the molecule is COc1ccc(CN2CCN(C3CCN(C(=O)COc4cccc(C)c4)CC3)C2=O)cc1. The molecule has 2 fully saturated rings. The molecule has 0 bridgehead atoms. The molecule has 2 aromatic carbocycles. The Bertz CT molecular complexity index is 938. The van der Waals surface area contributed by atoms with E-state index in [4.69, 9.17) is 9.47 Å². The van der Waals surface area contributed by atoms with Crippen molar-refractivity contribution >= 4 is 11.9 Å². The van der Waals surface area contributed by atoms with Gasteiger partial charge in [-0.3, -0.25) is 4.79 Å². The highest BCUT2D eigenvalue weighted by atomic mass is 16.5. The third-order valence-electron chi connectivity index (χ3n) is 6.27. The highest BCUT2D eigenvalue weighted by Crippen LogP contribution is 2.23. The average Bonchev–Trinajstić information content (AvgIpc) is 3.18. The second-order valence-electron chi connectivity index (χ2n) is 8.46. The molecule has 2 aliphatic heterocycles. The molecule has 2 saturated heterocycles. The fourth-order valence-electron chi connectivity index (χ4n) is 4.41. The largest absolute Gasteiger partial charge is 0.497 e. The van der Waals surface area contributed by atoms with E-state index in [2.05, 4.69) is 0 Å². The Morgan fingerprint density at radius 3 is 2.44 bits per heavy atom. The molecule has 0 N–H and O–H groups in total. The van der Waals surface area contributed by atoms with E-state index in [1.807, 2.05) is 70.2 Å². The Labute approximate surface area is 189 Å². The second-order valence-corrected chi connectivity index (χ2v) is 8.46. The zero-order valence-electron chi connectivity index (χ0n) is 18.8. The highest BCUT2D eigenvalue weighted by Gasteiger charge is 2.36. The number of benzene rings is 2. The maximum Gasteiger partial charge on any atom is 0.320 e. The minimum atomic E-state index is -0.00108. The molecule has 0 aromatic heterocycles. The van der Waals surface area contributed by atoms with Gasteiger partial charge in [0.25, 0.3) is 5.91 Å². The summed E-state index contributed by atoms with van der Waals surface area (Å²) >= 11 is 0. The van der Waals surface area contributed by atoms with Gasteiger partial charge in [-0.2, -0.15) is 0 Å². The number of hydrogen-bond donors (Lipinski definition) is 0. The summed E-state index contributed by atoms with van der Waals surface area (Å²) in [6.45, 7) is 5.43. The monoisotopic (exact) mass is 437 g/mol. The number of carbonyl (C=O) groups excluding carboxylic acids is 2. The van der Waals surface area contributed by atoms with E-state index in [-0.39, 0.29) is 24.6 Å². The van der Waals surface area contributed by atoms with Gasteiger partial charge in [-0.25, -0.2) is 4.79 Å². The molecule has 170 valence electrons. The Morgan fingerprint density at radius 1 is 1.00 bits per heavy atom. The van der Waals surface area contributed by atoms with Crippen LogP contribution in [0.25, 0.3) is 0 Å². The van der Waals surface area contributed by atoms with Gasteiger partial charge >= 0.3 is 6.03 Å². The number of hydrogen-bond acceptors (Lipinski definition) is 4. The van der Waals surface area contributed by atoms with Gasteiger partial charge in [0.2, 0.25) is 0 Å². The van der Waals surface area contributed by atoms with Crippen LogP contribution in [0.4, 0.5) is 4.79 Å². The predicted molar refractivity (Wildman–Crippen MR) is 122 cm³/mol. The smallest absolute Gasteiger partial charge is 0.320 e. The van der Waals surface area contributed by atoms with Gasteiger partial charge in [0.05, 0.1) is 7.11 Å². The fourth-order valence-corrected chi connectivity index (χ4v) is 4.41. The minimum Gasteiger partial charge on any atom is -0.497 e. The number of nitrogens with zero attached hydrogens (tertiary/aromatic N) is 3. The molecule has 0 unspecified atom stereocenters. The first-order valence-electron chi connectivity index (χ1n) is 11.2. The molecule has 7 nitrogen and oxygen atoms in total. The Hall–Kier alpha value is -3.22. The summed E-state index contributed by atoms with van der Waals surface area (Å²) in [7, 11) is 1.65. The Balaban J connectivity index is 1.24. The molecule has 0 atom stereocenters. The van der Waals surface area contributed by atoms with Crippen molar-refractivity contribution in [1.29, 1.82) is 0 Å². The van der Waals surface area contributed by atoms with Crippen molar-refractivity contribution in [3.8, 4) is 11.5 Å². The van der Waals surface area contributed by atoms with Gasteiger partial charge in [-0.05, 0) is 55.2 Å². The van der Waals surface area contributed by atoms with Gasteiger partial charge in [0, 0.05) is 38.8 Å². The first-order valence-corrected chi connectivity index (χ1v) is 11.2. The van der Waals surface area contributed by atoms with E-state index < -0.39 is 0 Å². The maximum absolute atomic E-state index is 13.0. The van der Waals surface area contributed by atoms with Crippen LogP contribution >= 0.6 is 0 Å². The lowest BCUT2D eigenvalue weighted by molar-refractivity contribution is -0.134. The first kappa shape index (κ1) is 22.0. The van der Waals surface area contributed by atoms with Crippen LogP contribution in [0.2, 0.25) is 0 Å². The molecule has 7 heteroatoms. The quantitative estimate of drug-likeness (QED) is 0.667. The number of urea groups is 1. The average molecular weight is 438 g/mol. The van der Waals surface area contributed by atoms with E-state index in [1.165, 1.54) is 0 Å².